The average molecular weight is 471 g/mol. The van der Waals surface area contributed by atoms with Crippen molar-refractivity contribution in [1.82, 2.24) is 14.8 Å². The van der Waals surface area contributed by atoms with Crippen LogP contribution in [0.15, 0.2) is 30.5 Å². The molecule has 0 amide bonds. The highest BCUT2D eigenvalue weighted by Gasteiger charge is 2.41. The first-order chi connectivity index (χ1) is 16.1. The Morgan fingerprint density at radius 1 is 1.26 bits per heavy atom. The Kier molecular flexibility index (Phi) is 5.20. The van der Waals surface area contributed by atoms with Crippen LogP contribution in [0.5, 0.6) is 0 Å². The molecule has 0 saturated carbocycles. The lowest BCUT2D eigenvalue weighted by Gasteiger charge is -2.35. The van der Waals surface area contributed by atoms with E-state index in [1.54, 1.807) is 10.6 Å². The maximum atomic E-state index is 16.0. The van der Waals surface area contributed by atoms with Crippen molar-refractivity contribution in [2.24, 2.45) is 0 Å². The van der Waals surface area contributed by atoms with Gasteiger partial charge in [0.25, 0.3) is 0 Å². The van der Waals surface area contributed by atoms with E-state index in [0.717, 1.165) is 17.8 Å². The zero-order valence-electron chi connectivity index (χ0n) is 19.0. The van der Waals surface area contributed by atoms with Crippen molar-refractivity contribution in [2.75, 3.05) is 6.61 Å². The third kappa shape index (κ3) is 3.29. The van der Waals surface area contributed by atoms with E-state index in [1.165, 1.54) is 19.2 Å². The van der Waals surface area contributed by atoms with Crippen LogP contribution in [-0.4, -0.2) is 38.0 Å². The Hall–Kier alpha value is -3.33. The van der Waals surface area contributed by atoms with E-state index in [0.29, 0.717) is 34.0 Å². The van der Waals surface area contributed by atoms with Gasteiger partial charge in [-0.1, -0.05) is 13.8 Å². The van der Waals surface area contributed by atoms with Crippen molar-refractivity contribution >= 4 is 27.8 Å². The SMILES string of the molecule is CC(C)c1c(C2CC[C@](C)(C(=O)O)OC2)c2c(F)c3[nH]ncc3cc2n1-c1ccc(F)c(F)c1. The number of aromatic amines is 1. The first kappa shape index (κ1) is 22.5. The quantitative estimate of drug-likeness (QED) is 0.395. The number of nitrogens with one attached hydrogen (secondary N) is 1. The number of carbonyl (C=O) groups is 1. The van der Waals surface area contributed by atoms with Gasteiger partial charge in [-0.25, -0.2) is 18.0 Å². The molecule has 4 aromatic rings. The second-order valence-electron chi connectivity index (χ2n) is 9.39. The largest absolute Gasteiger partial charge is 0.479 e. The van der Waals surface area contributed by atoms with E-state index < -0.39 is 29.0 Å². The minimum atomic E-state index is -1.30. The molecule has 2 aromatic carbocycles. The molecule has 0 bridgehead atoms. The third-order valence-electron chi connectivity index (χ3n) is 6.82. The van der Waals surface area contributed by atoms with Crippen LogP contribution in [0, 0.1) is 17.5 Å². The number of nitrogens with zero attached hydrogens (tertiary/aromatic N) is 2. The lowest BCUT2D eigenvalue weighted by atomic mass is 9.83. The van der Waals surface area contributed by atoms with E-state index in [1.807, 2.05) is 13.8 Å². The molecule has 0 radical (unpaired) electrons. The molecule has 1 aliphatic heterocycles. The van der Waals surface area contributed by atoms with Crippen LogP contribution >= 0.6 is 0 Å². The van der Waals surface area contributed by atoms with Crippen molar-refractivity contribution in [2.45, 2.75) is 51.0 Å². The van der Waals surface area contributed by atoms with Gasteiger partial charge in [0.15, 0.2) is 23.1 Å². The molecule has 1 aliphatic rings. The molecule has 3 heterocycles. The fraction of sp³-hybridized carbons (Fsp3) is 0.360. The number of benzene rings is 2. The molecule has 178 valence electrons. The molecule has 6 nitrogen and oxygen atoms in total. The van der Waals surface area contributed by atoms with E-state index in [-0.39, 0.29) is 30.4 Å². The van der Waals surface area contributed by atoms with Crippen molar-refractivity contribution < 1.29 is 27.8 Å². The number of hydrogen-bond acceptors (Lipinski definition) is 3. The molecular formula is C25H24F3N3O3. The summed E-state index contributed by atoms with van der Waals surface area (Å²) in [5.41, 5.74) is 1.25. The molecular weight excluding hydrogens is 447 g/mol. The smallest absolute Gasteiger partial charge is 0.335 e. The number of carboxylic acid groups (broad SMARTS) is 1. The normalized spacial score (nSPS) is 21.1. The predicted molar refractivity (Wildman–Crippen MR) is 121 cm³/mol. The topological polar surface area (TPSA) is 80.1 Å². The predicted octanol–water partition coefficient (Wildman–Crippen LogP) is 5.78. The van der Waals surface area contributed by atoms with Crippen molar-refractivity contribution in [3.05, 3.63) is 59.2 Å². The second kappa shape index (κ2) is 7.87. The van der Waals surface area contributed by atoms with Gasteiger partial charge in [0.1, 0.15) is 5.52 Å². The number of aliphatic carboxylic acids is 1. The molecule has 2 N–H and O–H groups in total. The summed E-state index contributed by atoms with van der Waals surface area (Å²) in [7, 11) is 0. The van der Waals surface area contributed by atoms with Gasteiger partial charge in [0.05, 0.1) is 18.3 Å². The Balaban J connectivity index is 1.82. The molecule has 1 unspecified atom stereocenters. The van der Waals surface area contributed by atoms with E-state index in [9.17, 15) is 18.7 Å². The van der Waals surface area contributed by atoms with Crippen molar-refractivity contribution in [3.8, 4) is 5.69 Å². The number of H-pyrrole nitrogens is 1. The molecule has 0 spiro atoms. The monoisotopic (exact) mass is 471 g/mol. The maximum Gasteiger partial charge on any atom is 0.335 e. The zero-order valence-corrected chi connectivity index (χ0v) is 19.0. The number of hydrogen-bond donors (Lipinski definition) is 2. The van der Waals surface area contributed by atoms with Crippen LogP contribution < -0.4 is 0 Å². The first-order valence-electron chi connectivity index (χ1n) is 11.1. The third-order valence-corrected chi connectivity index (χ3v) is 6.82. The van der Waals surface area contributed by atoms with Gasteiger partial charge in [0.2, 0.25) is 0 Å². The average Bonchev–Trinajstić information content (AvgIpc) is 3.39. The number of halogens is 3. The molecule has 1 fully saturated rings. The lowest BCUT2D eigenvalue weighted by Crippen LogP contribution is -2.43. The fourth-order valence-electron chi connectivity index (χ4n) is 5.02. The molecule has 2 atom stereocenters. The molecule has 9 heteroatoms. The van der Waals surface area contributed by atoms with Gasteiger partial charge in [-0.3, -0.25) is 5.10 Å². The van der Waals surface area contributed by atoms with Gasteiger partial charge in [-0.15, -0.1) is 0 Å². The van der Waals surface area contributed by atoms with Crippen LogP contribution in [0.25, 0.3) is 27.5 Å². The summed E-state index contributed by atoms with van der Waals surface area (Å²) >= 11 is 0. The highest BCUT2D eigenvalue weighted by Crippen LogP contribution is 2.45. The summed E-state index contributed by atoms with van der Waals surface area (Å²) in [6, 6.07) is 5.39. The van der Waals surface area contributed by atoms with Crippen LogP contribution in [0.4, 0.5) is 13.2 Å². The number of carboxylic acids is 1. The van der Waals surface area contributed by atoms with Gasteiger partial charge < -0.3 is 14.4 Å². The molecule has 34 heavy (non-hydrogen) atoms. The second-order valence-corrected chi connectivity index (χ2v) is 9.39. The van der Waals surface area contributed by atoms with E-state index in [4.69, 9.17) is 4.74 Å². The van der Waals surface area contributed by atoms with Crippen LogP contribution in [0.1, 0.15) is 56.7 Å². The zero-order chi connectivity index (χ0) is 24.4. The first-order valence-corrected chi connectivity index (χ1v) is 11.1. The minimum Gasteiger partial charge on any atom is -0.479 e. The summed E-state index contributed by atoms with van der Waals surface area (Å²) in [5.74, 6) is -3.89. The van der Waals surface area contributed by atoms with E-state index >= 15 is 4.39 Å². The van der Waals surface area contributed by atoms with Crippen LogP contribution in [-0.2, 0) is 9.53 Å². The minimum absolute atomic E-state index is 0.0971. The number of aromatic nitrogens is 3. The van der Waals surface area contributed by atoms with Crippen molar-refractivity contribution in [3.63, 3.8) is 0 Å². The highest BCUT2D eigenvalue weighted by atomic mass is 19.2. The van der Waals surface area contributed by atoms with Gasteiger partial charge in [-0.2, -0.15) is 5.10 Å². The number of ether oxygens (including phenoxy) is 1. The summed E-state index contributed by atoms with van der Waals surface area (Å²) in [6.07, 6.45) is 2.24. The summed E-state index contributed by atoms with van der Waals surface area (Å²) in [4.78, 5) is 11.7. The molecule has 1 saturated heterocycles. The molecule has 0 aliphatic carbocycles. The Bertz CT molecular complexity index is 1430. The van der Waals surface area contributed by atoms with Gasteiger partial charge in [0, 0.05) is 34.1 Å². The number of fused-ring (bicyclic) bond motifs is 2. The fourth-order valence-corrected chi connectivity index (χ4v) is 5.02. The van der Waals surface area contributed by atoms with E-state index in [2.05, 4.69) is 10.2 Å². The standard InChI is InChI=1S/C25H24F3N3O3/c1-12(2)23-19(13-6-7-25(3,24(32)33)34-11-13)20-18(8-14-10-29-30-22(14)21(20)28)31(23)15-4-5-16(26)17(27)9-15/h4-5,8-10,12-13H,6-7,11H2,1-3H3,(H,29,30)(H,32,33)/t13?,25-/m1/s1. The Morgan fingerprint density at radius 2 is 2.03 bits per heavy atom. The van der Waals surface area contributed by atoms with Crippen LogP contribution in [0.2, 0.25) is 0 Å². The summed E-state index contributed by atoms with van der Waals surface area (Å²) < 4.78 is 51.5. The highest BCUT2D eigenvalue weighted by molar-refractivity contribution is 5.99. The van der Waals surface area contributed by atoms with Gasteiger partial charge >= 0.3 is 5.97 Å². The van der Waals surface area contributed by atoms with Crippen LogP contribution in [0.3, 0.4) is 0 Å². The maximum absolute atomic E-state index is 16.0. The molecule has 5 rings (SSSR count). The summed E-state index contributed by atoms with van der Waals surface area (Å²) in [6.45, 7) is 5.53. The molecule has 2 aromatic heterocycles. The summed E-state index contributed by atoms with van der Waals surface area (Å²) in [5, 5.41) is 17.1. The van der Waals surface area contributed by atoms with Gasteiger partial charge in [-0.05, 0) is 49.4 Å². The lowest BCUT2D eigenvalue weighted by molar-refractivity contribution is -0.170. The Labute approximate surface area is 193 Å². The Morgan fingerprint density at radius 3 is 2.65 bits per heavy atom. The number of rotatable bonds is 4. The van der Waals surface area contributed by atoms with Crippen molar-refractivity contribution in [1.29, 1.82) is 0 Å².